The molecule has 1 aliphatic rings. The van der Waals surface area contributed by atoms with Crippen LogP contribution in [-0.2, 0) is 9.59 Å². The molecule has 0 aliphatic carbocycles. The van der Waals surface area contributed by atoms with Gasteiger partial charge in [0.25, 0.3) is 0 Å². The number of carbonyl (C=O) groups excluding carboxylic acids is 2. The van der Waals surface area contributed by atoms with Gasteiger partial charge >= 0.3 is 0 Å². The number of nitrogens with two attached hydrogens (primary N) is 1. The van der Waals surface area contributed by atoms with Crippen molar-refractivity contribution >= 4 is 11.8 Å². The summed E-state index contributed by atoms with van der Waals surface area (Å²) in [6.07, 6.45) is 2.63. The molecule has 2 amide bonds. The summed E-state index contributed by atoms with van der Waals surface area (Å²) in [5.74, 6) is -0.546. The summed E-state index contributed by atoms with van der Waals surface area (Å²) in [7, 11) is 0. The Hall–Kier alpha value is -1.95. The molecule has 1 aliphatic heterocycles. The van der Waals surface area contributed by atoms with Crippen molar-refractivity contribution in [2.24, 2.45) is 11.1 Å². The van der Waals surface area contributed by atoms with Crippen molar-refractivity contribution in [3.8, 4) is 0 Å². The Bertz CT molecular complexity index is 673. The van der Waals surface area contributed by atoms with Gasteiger partial charge in [-0.3, -0.25) is 9.59 Å². The largest absolute Gasteiger partial charge is 0.356 e. The highest BCUT2D eigenvalue weighted by Gasteiger charge is 2.52. The summed E-state index contributed by atoms with van der Waals surface area (Å²) in [5.41, 5.74) is 6.02. The average Bonchev–Trinajstić information content (AvgIpc) is 3.08. The van der Waals surface area contributed by atoms with E-state index in [4.69, 9.17) is 5.73 Å². The average molecular weight is 378 g/mol. The zero-order valence-corrected chi connectivity index (χ0v) is 16.8. The molecule has 2 rings (SSSR count). The number of hydrogen-bond donors (Lipinski definition) is 2. The standard InChI is InChI=1S/C21H32FN3O2/c1-5-21(6-2,20(27)24-7-3)18-12-11-17(25(18)19(26)14(4)23)15-9-8-10-16(22)13-15/h8-10,13-14,17-18H,5-7,11-12,23H2,1-4H3,(H,24,27)/t14-,17+,18-/m1/s1. The molecule has 1 aromatic rings. The monoisotopic (exact) mass is 377 g/mol. The minimum atomic E-state index is -0.678. The fourth-order valence-corrected chi connectivity index (χ4v) is 4.47. The van der Waals surface area contributed by atoms with E-state index in [9.17, 15) is 14.0 Å². The summed E-state index contributed by atoms with van der Waals surface area (Å²) in [6.45, 7) is 8.07. The number of hydrogen-bond acceptors (Lipinski definition) is 3. The molecule has 3 N–H and O–H groups in total. The summed E-state index contributed by atoms with van der Waals surface area (Å²) in [4.78, 5) is 27.8. The number of likely N-dealkylation sites (tertiary alicyclic amines) is 1. The van der Waals surface area contributed by atoms with Gasteiger partial charge in [-0.05, 0) is 57.2 Å². The second-order valence-electron chi connectivity index (χ2n) is 7.42. The van der Waals surface area contributed by atoms with Gasteiger partial charge in [-0.1, -0.05) is 26.0 Å². The molecule has 0 saturated carbocycles. The van der Waals surface area contributed by atoms with Gasteiger partial charge in [-0.15, -0.1) is 0 Å². The smallest absolute Gasteiger partial charge is 0.239 e. The van der Waals surface area contributed by atoms with Crippen molar-refractivity contribution in [3.63, 3.8) is 0 Å². The maximum absolute atomic E-state index is 13.8. The maximum atomic E-state index is 13.8. The molecular weight excluding hydrogens is 345 g/mol. The number of amides is 2. The van der Waals surface area contributed by atoms with Crippen LogP contribution < -0.4 is 11.1 Å². The second-order valence-corrected chi connectivity index (χ2v) is 7.42. The van der Waals surface area contributed by atoms with Crippen LogP contribution in [0.5, 0.6) is 0 Å². The van der Waals surface area contributed by atoms with Crippen molar-refractivity contribution < 1.29 is 14.0 Å². The molecule has 5 nitrogen and oxygen atoms in total. The highest BCUT2D eigenvalue weighted by atomic mass is 19.1. The Morgan fingerprint density at radius 1 is 1.30 bits per heavy atom. The van der Waals surface area contributed by atoms with E-state index in [1.165, 1.54) is 12.1 Å². The summed E-state index contributed by atoms with van der Waals surface area (Å²) in [6, 6.07) is 5.15. The molecular formula is C21H32FN3O2. The lowest BCUT2D eigenvalue weighted by molar-refractivity contribution is -0.144. The number of rotatable bonds is 7. The van der Waals surface area contributed by atoms with E-state index in [0.717, 1.165) is 5.56 Å². The molecule has 1 saturated heterocycles. The van der Waals surface area contributed by atoms with Gasteiger partial charge in [-0.25, -0.2) is 4.39 Å². The van der Waals surface area contributed by atoms with Gasteiger partial charge in [0.05, 0.1) is 17.5 Å². The van der Waals surface area contributed by atoms with Crippen LogP contribution in [0.3, 0.4) is 0 Å². The molecule has 27 heavy (non-hydrogen) atoms. The summed E-state index contributed by atoms with van der Waals surface area (Å²) >= 11 is 0. The third kappa shape index (κ3) is 4.00. The first-order chi connectivity index (χ1) is 12.8. The topological polar surface area (TPSA) is 75.4 Å². The number of nitrogens with zero attached hydrogens (tertiary/aromatic N) is 1. The van der Waals surface area contributed by atoms with E-state index in [-0.39, 0.29) is 29.7 Å². The second kappa shape index (κ2) is 8.83. The molecule has 0 radical (unpaired) electrons. The molecule has 0 aromatic heterocycles. The summed E-state index contributed by atoms with van der Waals surface area (Å²) in [5, 5.41) is 2.95. The van der Waals surface area contributed by atoms with Gasteiger partial charge in [0.15, 0.2) is 0 Å². The minimum Gasteiger partial charge on any atom is -0.356 e. The molecule has 0 bridgehead atoms. The van der Waals surface area contributed by atoms with Crippen LogP contribution in [0.2, 0.25) is 0 Å². The Morgan fingerprint density at radius 3 is 2.48 bits per heavy atom. The fraction of sp³-hybridized carbons (Fsp3) is 0.619. The lowest BCUT2D eigenvalue weighted by Gasteiger charge is -2.43. The number of nitrogens with one attached hydrogen (secondary N) is 1. The SMILES string of the molecule is CCNC(=O)C(CC)(CC)[C@H]1CC[C@@H](c2cccc(F)c2)N1C(=O)[C@@H](C)N. The van der Waals surface area contributed by atoms with E-state index < -0.39 is 11.5 Å². The lowest BCUT2D eigenvalue weighted by atomic mass is 9.73. The Balaban J connectivity index is 2.51. The van der Waals surface area contributed by atoms with Crippen LogP contribution in [0.25, 0.3) is 0 Å². The molecule has 3 atom stereocenters. The number of halogens is 1. The number of carbonyl (C=O) groups is 2. The molecule has 1 aromatic carbocycles. The van der Waals surface area contributed by atoms with Crippen molar-refractivity contribution in [2.45, 2.75) is 71.5 Å². The van der Waals surface area contributed by atoms with E-state index in [0.29, 0.717) is 32.2 Å². The van der Waals surface area contributed by atoms with Crippen molar-refractivity contribution in [3.05, 3.63) is 35.6 Å². The quantitative estimate of drug-likeness (QED) is 0.766. The molecule has 6 heteroatoms. The van der Waals surface area contributed by atoms with Crippen molar-refractivity contribution in [1.82, 2.24) is 10.2 Å². The molecule has 1 fully saturated rings. The van der Waals surface area contributed by atoms with E-state index >= 15 is 0 Å². The first-order valence-corrected chi connectivity index (χ1v) is 9.93. The van der Waals surface area contributed by atoms with Crippen LogP contribution >= 0.6 is 0 Å². The van der Waals surface area contributed by atoms with Gasteiger partial charge < -0.3 is 16.0 Å². The van der Waals surface area contributed by atoms with Gasteiger partial charge in [0.1, 0.15) is 5.82 Å². The Morgan fingerprint density at radius 2 is 1.96 bits per heavy atom. The zero-order chi connectivity index (χ0) is 20.2. The highest BCUT2D eigenvalue weighted by molar-refractivity contribution is 5.87. The zero-order valence-electron chi connectivity index (χ0n) is 16.8. The van der Waals surface area contributed by atoms with E-state index in [1.807, 2.05) is 26.8 Å². The predicted molar refractivity (Wildman–Crippen MR) is 104 cm³/mol. The molecule has 0 unspecified atom stereocenters. The van der Waals surface area contributed by atoms with Crippen molar-refractivity contribution in [2.75, 3.05) is 6.54 Å². The summed E-state index contributed by atoms with van der Waals surface area (Å²) < 4.78 is 13.8. The maximum Gasteiger partial charge on any atom is 0.239 e. The van der Waals surface area contributed by atoms with E-state index in [1.54, 1.807) is 17.9 Å². The van der Waals surface area contributed by atoms with Crippen LogP contribution in [0, 0.1) is 11.2 Å². The normalized spacial score (nSPS) is 21.2. The third-order valence-corrected chi connectivity index (χ3v) is 5.95. The predicted octanol–water partition coefficient (Wildman–Crippen LogP) is 3.15. The third-order valence-electron chi connectivity index (χ3n) is 5.95. The Kier molecular flexibility index (Phi) is 6.98. The van der Waals surface area contributed by atoms with Crippen LogP contribution in [0.4, 0.5) is 4.39 Å². The minimum absolute atomic E-state index is 0.0256. The highest BCUT2D eigenvalue weighted by Crippen LogP contribution is 2.47. The van der Waals surface area contributed by atoms with Crippen molar-refractivity contribution in [1.29, 1.82) is 0 Å². The molecule has 150 valence electrons. The first kappa shape index (κ1) is 21.4. The number of benzene rings is 1. The fourth-order valence-electron chi connectivity index (χ4n) is 4.47. The first-order valence-electron chi connectivity index (χ1n) is 9.93. The lowest BCUT2D eigenvalue weighted by Crippen LogP contribution is -2.56. The van der Waals surface area contributed by atoms with Gasteiger partial charge in [-0.2, -0.15) is 0 Å². The van der Waals surface area contributed by atoms with E-state index in [2.05, 4.69) is 5.32 Å². The van der Waals surface area contributed by atoms with Gasteiger partial charge in [0, 0.05) is 12.6 Å². The molecule has 0 spiro atoms. The van der Waals surface area contributed by atoms with Crippen LogP contribution in [0.1, 0.15) is 65.0 Å². The molecule has 1 heterocycles. The Labute approximate surface area is 161 Å². The van der Waals surface area contributed by atoms with Gasteiger partial charge in [0.2, 0.25) is 11.8 Å². The van der Waals surface area contributed by atoms with Crippen LogP contribution in [0.15, 0.2) is 24.3 Å². The van der Waals surface area contributed by atoms with Crippen LogP contribution in [-0.4, -0.2) is 35.3 Å².